The van der Waals surface area contributed by atoms with Gasteiger partial charge in [0.1, 0.15) is 0 Å². The highest BCUT2D eigenvalue weighted by Crippen LogP contribution is 2.32. The number of carbonyl (C=O) groups excluding carboxylic acids is 1. The SMILES string of the molecule is O=C(CSc1nnc(-c2ccc(Cl)cc2Cl)o1)n1c2ccccc2c2ccccc21. The Balaban J connectivity index is 1.41. The maximum absolute atomic E-state index is 13.1. The molecule has 0 aliphatic heterocycles. The van der Waals surface area contributed by atoms with Crippen LogP contribution in [0.1, 0.15) is 4.79 Å². The highest BCUT2D eigenvalue weighted by atomic mass is 35.5. The molecule has 5 nitrogen and oxygen atoms in total. The van der Waals surface area contributed by atoms with Gasteiger partial charge in [0, 0.05) is 15.8 Å². The summed E-state index contributed by atoms with van der Waals surface area (Å²) >= 11 is 13.3. The van der Waals surface area contributed by atoms with Crippen LogP contribution in [0, 0.1) is 0 Å². The Labute approximate surface area is 185 Å². The van der Waals surface area contributed by atoms with Crippen molar-refractivity contribution in [1.82, 2.24) is 14.8 Å². The molecular weight excluding hydrogens is 441 g/mol. The maximum atomic E-state index is 13.1. The number of rotatable bonds is 4. The molecule has 30 heavy (non-hydrogen) atoms. The average molecular weight is 454 g/mol. The highest BCUT2D eigenvalue weighted by Gasteiger charge is 2.18. The Morgan fingerprint density at radius 3 is 2.27 bits per heavy atom. The van der Waals surface area contributed by atoms with E-state index in [4.69, 9.17) is 27.6 Å². The van der Waals surface area contributed by atoms with Crippen molar-refractivity contribution in [3.63, 3.8) is 0 Å². The van der Waals surface area contributed by atoms with Crippen molar-refractivity contribution in [3.05, 3.63) is 76.8 Å². The summed E-state index contributed by atoms with van der Waals surface area (Å²) in [5.74, 6) is 0.365. The summed E-state index contributed by atoms with van der Waals surface area (Å²) in [7, 11) is 0. The Kier molecular flexibility index (Phi) is 4.98. The largest absolute Gasteiger partial charge is 0.411 e. The molecule has 0 N–H and O–H groups in total. The van der Waals surface area contributed by atoms with Gasteiger partial charge in [0.15, 0.2) is 0 Å². The molecule has 0 saturated heterocycles. The quantitative estimate of drug-likeness (QED) is 0.287. The molecule has 8 heteroatoms. The first-order chi connectivity index (χ1) is 14.6. The molecule has 0 amide bonds. The van der Waals surface area contributed by atoms with E-state index in [0.717, 1.165) is 21.8 Å². The van der Waals surface area contributed by atoms with E-state index in [0.29, 0.717) is 20.8 Å². The number of nitrogens with zero attached hydrogens (tertiary/aromatic N) is 3. The third-order valence-corrected chi connectivity index (χ3v) is 6.07. The Morgan fingerprint density at radius 1 is 0.933 bits per heavy atom. The van der Waals surface area contributed by atoms with Crippen LogP contribution in [0.2, 0.25) is 10.0 Å². The molecule has 0 atom stereocenters. The smallest absolute Gasteiger partial charge is 0.277 e. The van der Waals surface area contributed by atoms with Gasteiger partial charge in [0.25, 0.3) is 5.22 Å². The van der Waals surface area contributed by atoms with Gasteiger partial charge >= 0.3 is 0 Å². The fraction of sp³-hybridized carbons (Fsp3) is 0.0455. The minimum absolute atomic E-state index is 0.0679. The van der Waals surface area contributed by atoms with Crippen LogP contribution in [0.4, 0.5) is 0 Å². The predicted octanol–water partition coefficient (Wildman–Crippen LogP) is 6.58. The van der Waals surface area contributed by atoms with Crippen LogP contribution in [0.5, 0.6) is 0 Å². The lowest BCUT2D eigenvalue weighted by atomic mass is 10.2. The molecule has 0 radical (unpaired) electrons. The lowest BCUT2D eigenvalue weighted by Gasteiger charge is -2.04. The molecule has 0 unspecified atom stereocenters. The number of carbonyl (C=O) groups is 1. The van der Waals surface area contributed by atoms with Crippen LogP contribution in [0.25, 0.3) is 33.3 Å². The first-order valence-corrected chi connectivity index (χ1v) is 10.8. The predicted molar refractivity (Wildman–Crippen MR) is 121 cm³/mol. The van der Waals surface area contributed by atoms with Gasteiger partial charge in [-0.3, -0.25) is 9.36 Å². The summed E-state index contributed by atoms with van der Waals surface area (Å²) < 4.78 is 7.43. The van der Waals surface area contributed by atoms with Crippen molar-refractivity contribution in [2.45, 2.75) is 5.22 Å². The van der Waals surface area contributed by atoms with Gasteiger partial charge in [-0.25, -0.2) is 0 Å². The van der Waals surface area contributed by atoms with E-state index in [1.165, 1.54) is 11.8 Å². The molecule has 0 fully saturated rings. The molecule has 0 saturated carbocycles. The second-order valence-electron chi connectivity index (χ2n) is 6.55. The summed E-state index contributed by atoms with van der Waals surface area (Å²) in [6.07, 6.45) is 0. The fourth-order valence-electron chi connectivity index (χ4n) is 3.42. The van der Waals surface area contributed by atoms with E-state index < -0.39 is 0 Å². The number of para-hydroxylation sites is 2. The number of halogens is 2. The number of benzene rings is 3. The minimum Gasteiger partial charge on any atom is -0.411 e. The molecule has 2 heterocycles. The summed E-state index contributed by atoms with van der Waals surface area (Å²) in [6.45, 7) is 0. The zero-order valence-corrected chi connectivity index (χ0v) is 17.7. The molecule has 5 aromatic rings. The lowest BCUT2D eigenvalue weighted by molar-refractivity contribution is 0.0951. The maximum Gasteiger partial charge on any atom is 0.277 e. The van der Waals surface area contributed by atoms with Crippen molar-refractivity contribution in [2.24, 2.45) is 0 Å². The van der Waals surface area contributed by atoms with Crippen LogP contribution in [0.15, 0.2) is 76.4 Å². The zero-order chi connectivity index (χ0) is 20.7. The summed E-state index contributed by atoms with van der Waals surface area (Å²) in [4.78, 5) is 13.1. The zero-order valence-electron chi connectivity index (χ0n) is 15.4. The standard InChI is InChI=1S/C22H13Cl2N3O2S/c23-13-9-10-16(17(24)11-13)21-25-26-22(29-21)30-12-20(28)27-18-7-3-1-5-14(18)15-6-2-4-8-19(15)27/h1-11H,12H2. The highest BCUT2D eigenvalue weighted by molar-refractivity contribution is 7.99. The van der Waals surface area contributed by atoms with E-state index in [-0.39, 0.29) is 17.6 Å². The summed E-state index contributed by atoms with van der Waals surface area (Å²) in [5, 5.41) is 11.4. The van der Waals surface area contributed by atoms with Crippen LogP contribution < -0.4 is 0 Å². The Morgan fingerprint density at radius 2 is 1.60 bits per heavy atom. The normalized spacial score (nSPS) is 11.4. The fourth-order valence-corrected chi connectivity index (χ4v) is 4.52. The lowest BCUT2D eigenvalue weighted by Crippen LogP contribution is -2.12. The third-order valence-electron chi connectivity index (χ3n) is 4.72. The van der Waals surface area contributed by atoms with Crippen LogP contribution in [-0.2, 0) is 0 Å². The van der Waals surface area contributed by atoms with E-state index in [9.17, 15) is 4.79 Å². The summed E-state index contributed by atoms with van der Waals surface area (Å²) in [6, 6.07) is 20.8. The van der Waals surface area contributed by atoms with E-state index in [1.807, 2.05) is 48.5 Å². The van der Waals surface area contributed by atoms with Crippen LogP contribution in [-0.4, -0.2) is 26.4 Å². The third kappa shape index (κ3) is 3.37. The molecule has 5 rings (SSSR count). The Hall–Kier alpha value is -2.80. The van der Waals surface area contributed by atoms with Crippen molar-refractivity contribution in [2.75, 3.05) is 5.75 Å². The number of fused-ring (bicyclic) bond motifs is 3. The number of hydrogen-bond acceptors (Lipinski definition) is 5. The van der Waals surface area contributed by atoms with E-state index >= 15 is 0 Å². The molecule has 148 valence electrons. The van der Waals surface area contributed by atoms with Gasteiger partial charge in [0.2, 0.25) is 11.8 Å². The summed E-state index contributed by atoms with van der Waals surface area (Å²) in [5.41, 5.74) is 2.35. The molecular formula is C22H13Cl2N3O2S. The average Bonchev–Trinajstić information content (AvgIpc) is 3.35. The number of thioether (sulfide) groups is 1. The van der Waals surface area contributed by atoms with Crippen molar-refractivity contribution in [1.29, 1.82) is 0 Å². The first kappa shape index (κ1) is 19.2. The number of aromatic nitrogens is 3. The van der Waals surface area contributed by atoms with Crippen LogP contribution >= 0.6 is 35.0 Å². The van der Waals surface area contributed by atoms with Crippen molar-refractivity contribution >= 4 is 62.7 Å². The molecule has 0 aliphatic rings. The van der Waals surface area contributed by atoms with Crippen molar-refractivity contribution in [3.8, 4) is 11.5 Å². The molecule has 0 bridgehead atoms. The molecule has 0 aliphatic carbocycles. The molecule has 2 aromatic heterocycles. The van der Waals surface area contributed by atoms with Gasteiger partial charge in [-0.15, -0.1) is 10.2 Å². The molecule has 0 spiro atoms. The van der Waals surface area contributed by atoms with E-state index in [2.05, 4.69) is 10.2 Å². The second-order valence-corrected chi connectivity index (χ2v) is 8.32. The minimum atomic E-state index is -0.0679. The molecule has 3 aromatic carbocycles. The van der Waals surface area contributed by atoms with Gasteiger partial charge < -0.3 is 4.42 Å². The monoisotopic (exact) mass is 453 g/mol. The van der Waals surface area contributed by atoms with E-state index in [1.54, 1.807) is 22.8 Å². The Bertz CT molecular complexity index is 1360. The number of hydrogen-bond donors (Lipinski definition) is 0. The van der Waals surface area contributed by atoms with Gasteiger partial charge in [0.05, 0.1) is 27.4 Å². The van der Waals surface area contributed by atoms with Gasteiger partial charge in [-0.1, -0.05) is 71.4 Å². The van der Waals surface area contributed by atoms with Crippen LogP contribution in [0.3, 0.4) is 0 Å². The first-order valence-electron chi connectivity index (χ1n) is 9.05. The second kappa shape index (κ2) is 7.80. The van der Waals surface area contributed by atoms with Gasteiger partial charge in [-0.05, 0) is 30.3 Å². The van der Waals surface area contributed by atoms with Gasteiger partial charge in [-0.2, -0.15) is 0 Å². The van der Waals surface area contributed by atoms with Crippen molar-refractivity contribution < 1.29 is 9.21 Å². The topological polar surface area (TPSA) is 60.9 Å².